The van der Waals surface area contributed by atoms with Gasteiger partial charge in [-0.2, -0.15) is 0 Å². The average Bonchev–Trinajstić information content (AvgIpc) is 3.38. The van der Waals surface area contributed by atoms with E-state index in [1.807, 2.05) is 30.3 Å². The van der Waals surface area contributed by atoms with Crippen molar-refractivity contribution in [1.82, 2.24) is 4.90 Å². The zero-order valence-electron chi connectivity index (χ0n) is 19.3. The van der Waals surface area contributed by atoms with Gasteiger partial charge in [-0.25, -0.2) is 9.59 Å². The van der Waals surface area contributed by atoms with E-state index in [4.69, 9.17) is 4.74 Å². The first-order valence-electron chi connectivity index (χ1n) is 11.4. The normalized spacial score (nSPS) is 28.3. The van der Waals surface area contributed by atoms with Crippen molar-refractivity contribution in [2.75, 3.05) is 0 Å². The molecule has 7 nitrogen and oxygen atoms in total. The molecule has 5 rings (SSSR count). The monoisotopic (exact) mass is 491 g/mol. The van der Waals surface area contributed by atoms with E-state index in [1.54, 1.807) is 50.3 Å². The van der Waals surface area contributed by atoms with Crippen LogP contribution in [0.15, 0.2) is 72.3 Å². The molecule has 1 amide bonds. The number of esters is 1. The van der Waals surface area contributed by atoms with E-state index in [0.717, 1.165) is 5.56 Å². The fraction of sp³-hybridized carbons (Fsp3) is 0.333. The third-order valence-corrected chi connectivity index (χ3v) is 8.83. The van der Waals surface area contributed by atoms with Gasteiger partial charge in [0, 0.05) is 16.2 Å². The summed E-state index contributed by atoms with van der Waals surface area (Å²) in [6.07, 6.45) is 1.84. The summed E-state index contributed by atoms with van der Waals surface area (Å²) < 4.78 is 4.79. The first kappa shape index (κ1) is 23.4. The number of allylic oxidation sites excluding steroid dienone is 1. The van der Waals surface area contributed by atoms with Crippen LogP contribution in [0.4, 0.5) is 0 Å². The fourth-order valence-corrected chi connectivity index (χ4v) is 7.43. The van der Waals surface area contributed by atoms with Crippen LogP contribution >= 0.6 is 11.8 Å². The van der Waals surface area contributed by atoms with E-state index in [1.165, 1.54) is 16.7 Å². The summed E-state index contributed by atoms with van der Waals surface area (Å²) in [5.41, 5.74) is -0.0441. The Balaban J connectivity index is 1.52. The number of thioether (sulfide) groups is 1. The summed E-state index contributed by atoms with van der Waals surface area (Å²) in [6, 6.07) is 16.8. The van der Waals surface area contributed by atoms with Crippen molar-refractivity contribution >= 4 is 35.4 Å². The molecule has 8 heteroatoms. The minimum absolute atomic E-state index is 0.0311. The Bertz CT molecular complexity index is 1240. The quantitative estimate of drug-likeness (QED) is 0.374. The Kier molecular flexibility index (Phi) is 5.59. The number of amides is 1. The average molecular weight is 492 g/mol. The van der Waals surface area contributed by atoms with Crippen molar-refractivity contribution in [1.29, 1.82) is 0 Å². The van der Waals surface area contributed by atoms with Gasteiger partial charge in [0.05, 0.1) is 10.9 Å². The van der Waals surface area contributed by atoms with Crippen LogP contribution in [0.3, 0.4) is 0 Å². The van der Waals surface area contributed by atoms with E-state index < -0.39 is 45.3 Å². The third-order valence-electron chi connectivity index (χ3n) is 7.18. The number of aliphatic carboxylic acids is 1. The van der Waals surface area contributed by atoms with E-state index in [-0.39, 0.29) is 24.4 Å². The van der Waals surface area contributed by atoms with Crippen molar-refractivity contribution in [3.63, 3.8) is 0 Å². The lowest BCUT2D eigenvalue weighted by Gasteiger charge is -2.54. The van der Waals surface area contributed by atoms with E-state index in [0.29, 0.717) is 5.56 Å². The molecule has 35 heavy (non-hydrogen) atoms. The van der Waals surface area contributed by atoms with Crippen molar-refractivity contribution in [2.45, 2.75) is 43.0 Å². The number of carbonyl (C=O) groups excluding carboxylic acids is 3. The number of carbonyl (C=O) groups is 4. The largest absolute Gasteiger partial charge is 0.480 e. The van der Waals surface area contributed by atoms with Gasteiger partial charge in [0.25, 0.3) is 0 Å². The van der Waals surface area contributed by atoms with Gasteiger partial charge in [-0.3, -0.25) is 9.59 Å². The number of fused-ring (bicyclic) bond motifs is 2. The summed E-state index contributed by atoms with van der Waals surface area (Å²) in [4.78, 5) is 54.3. The summed E-state index contributed by atoms with van der Waals surface area (Å²) in [6.45, 7) is 3.58. The van der Waals surface area contributed by atoms with Gasteiger partial charge in [-0.1, -0.05) is 66.7 Å². The molecule has 2 fully saturated rings. The molecule has 2 aromatic carbocycles. The van der Waals surface area contributed by atoms with Gasteiger partial charge in [-0.15, -0.1) is 11.8 Å². The molecule has 4 atom stereocenters. The van der Waals surface area contributed by atoms with Crippen LogP contribution in [0.2, 0.25) is 0 Å². The Hall–Kier alpha value is -3.39. The number of carboxylic acids is 1. The molecular weight excluding hydrogens is 466 g/mol. The van der Waals surface area contributed by atoms with Crippen LogP contribution in [0.25, 0.3) is 0 Å². The maximum absolute atomic E-state index is 13.9. The molecular formula is C27H25NO6S. The molecule has 2 unspecified atom stereocenters. The second-order valence-electron chi connectivity index (χ2n) is 9.59. The zero-order chi connectivity index (χ0) is 25.0. The number of β-lactam (4-membered cyclic amide) rings is 1. The van der Waals surface area contributed by atoms with Gasteiger partial charge < -0.3 is 14.7 Å². The van der Waals surface area contributed by atoms with Crippen LogP contribution in [0.1, 0.15) is 36.2 Å². The molecule has 2 heterocycles. The smallest absolute Gasteiger partial charge is 0.335 e. The van der Waals surface area contributed by atoms with E-state index in [9.17, 15) is 24.3 Å². The highest BCUT2D eigenvalue weighted by atomic mass is 32.2. The number of hydrogen-bond donors (Lipinski definition) is 1. The van der Waals surface area contributed by atoms with Crippen LogP contribution in [-0.4, -0.2) is 49.8 Å². The van der Waals surface area contributed by atoms with Crippen LogP contribution in [-0.2, 0) is 25.7 Å². The van der Waals surface area contributed by atoms with Crippen molar-refractivity contribution < 1.29 is 29.0 Å². The third kappa shape index (κ3) is 3.42. The van der Waals surface area contributed by atoms with Crippen molar-refractivity contribution in [3.8, 4) is 0 Å². The fourth-order valence-electron chi connectivity index (χ4n) is 5.60. The highest BCUT2D eigenvalue weighted by Crippen LogP contribution is 2.66. The lowest BCUT2D eigenvalue weighted by atomic mass is 9.63. The number of rotatable bonds is 6. The number of benzene rings is 2. The van der Waals surface area contributed by atoms with Gasteiger partial charge >= 0.3 is 11.9 Å². The van der Waals surface area contributed by atoms with Gasteiger partial charge in [0.1, 0.15) is 18.1 Å². The second kappa shape index (κ2) is 8.37. The molecule has 0 aromatic heterocycles. The SMILES string of the molecule is CC1(C)S[C@H]2N(C(=O)C23C(C(=O)OCc2ccccc2)=CCC3C(=O)c2ccccc2)[C@H]1C(=O)O. The molecule has 2 aromatic rings. The van der Waals surface area contributed by atoms with Gasteiger partial charge in [0.2, 0.25) is 5.91 Å². The van der Waals surface area contributed by atoms with E-state index >= 15 is 0 Å². The Morgan fingerprint density at radius 1 is 1.06 bits per heavy atom. The van der Waals surface area contributed by atoms with Gasteiger partial charge in [0.15, 0.2) is 5.78 Å². The Labute approximate surface area is 207 Å². The van der Waals surface area contributed by atoms with Crippen molar-refractivity contribution in [2.24, 2.45) is 11.3 Å². The molecule has 0 radical (unpaired) electrons. The zero-order valence-corrected chi connectivity index (χ0v) is 20.2. The topological polar surface area (TPSA) is 101 Å². The second-order valence-corrected chi connectivity index (χ2v) is 11.3. The lowest BCUT2D eigenvalue weighted by molar-refractivity contribution is -0.175. The molecule has 0 bridgehead atoms. The minimum atomic E-state index is -1.45. The summed E-state index contributed by atoms with van der Waals surface area (Å²) in [5, 5.41) is 9.23. The summed E-state index contributed by atoms with van der Waals surface area (Å²) in [5.74, 6) is -3.30. The maximum Gasteiger partial charge on any atom is 0.335 e. The van der Waals surface area contributed by atoms with Crippen LogP contribution in [0.5, 0.6) is 0 Å². The number of ketones is 1. The Morgan fingerprint density at radius 2 is 1.69 bits per heavy atom. The minimum Gasteiger partial charge on any atom is -0.480 e. The number of Topliss-reactive ketones (excluding diaryl/α,β-unsaturated/α-hetero) is 1. The maximum atomic E-state index is 13.9. The molecule has 1 N–H and O–H groups in total. The first-order chi connectivity index (χ1) is 16.7. The highest BCUT2D eigenvalue weighted by Gasteiger charge is 2.77. The lowest BCUT2D eigenvalue weighted by Crippen LogP contribution is -2.72. The number of carboxylic acid groups (broad SMARTS) is 1. The summed E-state index contributed by atoms with van der Waals surface area (Å²) in [7, 11) is 0. The first-order valence-corrected chi connectivity index (χ1v) is 12.3. The Morgan fingerprint density at radius 3 is 2.31 bits per heavy atom. The summed E-state index contributed by atoms with van der Waals surface area (Å²) >= 11 is 1.33. The molecule has 2 aliphatic heterocycles. The van der Waals surface area contributed by atoms with Crippen molar-refractivity contribution in [3.05, 3.63) is 83.4 Å². The predicted molar refractivity (Wildman–Crippen MR) is 129 cm³/mol. The predicted octanol–water partition coefficient (Wildman–Crippen LogP) is 3.69. The molecule has 2 saturated heterocycles. The molecule has 180 valence electrons. The molecule has 0 saturated carbocycles. The molecule has 3 aliphatic rings. The van der Waals surface area contributed by atoms with E-state index in [2.05, 4.69) is 0 Å². The number of nitrogens with zero attached hydrogens (tertiary/aromatic N) is 1. The van der Waals surface area contributed by atoms with Crippen LogP contribution in [0, 0.1) is 11.3 Å². The highest BCUT2D eigenvalue weighted by molar-refractivity contribution is 8.01. The number of ether oxygens (including phenoxy) is 1. The standard InChI is InChI=1S/C27H25NO6S/c1-26(2)21(22(30)31)28-24(33)27(25(28)35-26)18(20(29)17-11-7-4-8-12-17)13-14-19(27)23(32)34-15-16-9-5-3-6-10-16/h3-12,14,18,21,25H,13,15H2,1-2H3,(H,30,31)/t18?,21-,25+,27?/m0/s1. The molecule has 1 spiro atoms. The number of hydrogen-bond acceptors (Lipinski definition) is 6. The van der Waals surface area contributed by atoms with Crippen LogP contribution < -0.4 is 0 Å². The molecule has 1 aliphatic carbocycles. The van der Waals surface area contributed by atoms with Gasteiger partial charge in [-0.05, 0) is 25.8 Å².